The van der Waals surface area contributed by atoms with Crippen molar-refractivity contribution in [3.63, 3.8) is 0 Å². The summed E-state index contributed by atoms with van der Waals surface area (Å²) in [7, 11) is 1.82. The summed E-state index contributed by atoms with van der Waals surface area (Å²) in [6, 6.07) is 1.86. The fraction of sp³-hybridized carbons (Fsp3) is 0.400. The Morgan fingerprint density at radius 3 is 2.95 bits per heavy atom. The molecule has 1 amide bonds. The number of nitrogens with zero attached hydrogens (tertiary/aromatic N) is 5. The lowest BCUT2D eigenvalue weighted by Gasteiger charge is -2.24. The van der Waals surface area contributed by atoms with Gasteiger partial charge in [0.15, 0.2) is 0 Å². The number of nitrogens with one attached hydrogen (secondary N) is 1. The first-order valence-electron chi connectivity index (χ1n) is 7.29. The SMILES string of the molecule is CNc1cc([C@@H]2CCCN2C(=O)c2cnccn2)nc(C)n1. The van der Waals surface area contributed by atoms with Crippen LogP contribution in [-0.2, 0) is 0 Å². The third kappa shape index (κ3) is 2.74. The first kappa shape index (κ1) is 14.4. The Bertz CT molecular complexity index is 675. The summed E-state index contributed by atoms with van der Waals surface area (Å²) >= 11 is 0. The molecule has 3 rings (SSSR count). The number of anilines is 1. The minimum Gasteiger partial charge on any atom is -0.373 e. The van der Waals surface area contributed by atoms with E-state index in [-0.39, 0.29) is 11.9 Å². The highest BCUT2D eigenvalue weighted by atomic mass is 16.2. The Balaban J connectivity index is 1.90. The molecule has 0 aliphatic carbocycles. The van der Waals surface area contributed by atoms with Crippen molar-refractivity contribution < 1.29 is 4.79 Å². The molecule has 1 aliphatic rings. The molecule has 1 aliphatic heterocycles. The summed E-state index contributed by atoms with van der Waals surface area (Å²) in [5.41, 5.74) is 1.24. The molecule has 1 saturated heterocycles. The maximum absolute atomic E-state index is 12.6. The van der Waals surface area contributed by atoms with Gasteiger partial charge in [0.25, 0.3) is 5.91 Å². The molecule has 0 unspecified atom stereocenters. The van der Waals surface area contributed by atoms with Crippen LogP contribution in [0, 0.1) is 6.92 Å². The fourth-order valence-corrected chi connectivity index (χ4v) is 2.76. The lowest BCUT2D eigenvalue weighted by atomic mass is 10.1. The lowest BCUT2D eigenvalue weighted by Crippen LogP contribution is -2.31. The van der Waals surface area contributed by atoms with E-state index in [1.165, 1.54) is 12.4 Å². The average Bonchev–Trinajstić information content (AvgIpc) is 3.04. The number of hydrogen-bond acceptors (Lipinski definition) is 6. The molecule has 7 nitrogen and oxygen atoms in total. The minimum atomic E-state index is -0.0992. The maximum Gasteiger partial charge on any atom is 0.274 e. The molecule has 0 radical (unpaired) electrons. The van der Waals surface area contributed by atoms with E-state index in [1.54, 1.807) is 6.20 Å². The molecular formula is C15H18N6O. The van der Waals surface area contributed by atoms with Gasteiger partial charge in [0.2, 0.25) is 0 Å². The van der Waals surface area contributed by atoms with Crippen molar-refractivity contribution >= 4 is 11.7 Å². The predicted octanol–water partition coefficient (Wildman–Crippen LogP) is 1.59. The van der Waals surface area contributed by atoms with Gasteiger partial charge in [-0.2, -0.15) is 0 Å². The van der Waals surface area contributed by atoms with Gasteiger partial charge in [0.05, 0.1) is 17.9 Å². The zero-order valence-corrected chi connectivity index (χ0v) is 12.7. The van der Waals surface area contributed by atoms with Crippen LogP contribution in [0.15, 0.2) is 24.7 Å². The zero-order valence-electron chi connectivity index (χ0n) is 12.7. The number of carbonyl (C=O) groups excluding carboxylic acids is 1. The highest BCUT2D eigenvalue weighted by molar-refractivity contribution is 5.92. The van der Waals surface area contributed by atoms with Crippen molar-refractivity contribution in [1.82, 2.24) is 24.8 Å². The summed E-state index contributed by atoms with van der Waals surface area (Å²) in [6.45, 7) is 2.56. The van der Waals surface area contributed by atoms with Crippen LogP contribution < -0.4 is 5.32 Å². The molecule has 2 aromatic rings. The van der Waals surface area contributed by atoms with Gasteiger partial charge >= 0.3 is 0 Å². The van der Waals surface area contributed by atoms with Gasteiger partial charge in [-0.3, -0.25) is 9.78 Å². The molecule has 0 aromatic carbocycles. The van der Waals surface area contributed by atoms with E-state index in [0.717, 1.165) is 24.4 Å². The Labute approximate surface area is 128 Å². The molecule has 0 saturated carbocycles. The average molecular weight is 298 g/mol. The smallest absolute Gasteiger partial charge is 0.274 e. The van der Waals surface area contributed by atoms with Gasteiger partial charge in [-0.05, 0) is 19.8 Å². The molecule has 1 fully saturated rings. The molecule has 114 valence electrons. The lowest BCUT2D eigenvalue weighted by molar-refractivity contribution is 0.0726. The topological polar surface area (TPSA) is 83.9 Å². The molecule has 0 bridgehead atoms. The van der Waals surface area contributed by atoms with Gasteiger partial charge in [0.1, 0.15) is 17.3 Å². The Morgan fingerprint density at radius 2 is 2.23 bits per heavy atom. The van der Waals surface area contributed by atoms with Crippen LogP contribution in [0.25, 0.3) is 0 Å². The molecule has 1 atom stereocenters. The monoisotopic (exact) mass is 298 g/mol. The number of hydrogen-bond donors (Lipinski definition) is 1. The normalized spacial score (nSPS) is 17.5. The van der Waals surface area contributed by atoms with Crippen LogP contribution in [0.5, 0.6) is 0 Å². The second-order valence-corrected chi connectivity index (χ2v) is 5.22. The predicted molar refractivity (Wildman–Crippen MR) is 81.4 cm³/mol. The Morgan fingerprint density at radius 1 is 1.36 bits per heavy atom. The summed E-state index contributed by atoms with van der Waals surface area (Å²) in [6.07, 6.45) is 6.44. The quantitative estimate of drug-likeness (QED) is 0.926. The number of likely N-dealkylation sites (tertiary alicyclic amines) is 1. The van der Waals surface area contributed by atoms with Gasteiger partial charge in [-0.1, -0.05) is 0 Å². The number of amides is 1. The van der Waals surface area contributed by atoms with Gasteiger partial charge in [-0.15, -0.1) is 0 Å². The number of carbonyl (C=O) groups is 1. The summed E-state index contributed by atoms with van der Waals surface area (Å²) in [5, 5.41) is 3.03. The highest BCUT2D eigenvalue weighted by Gasteiger charge is 2.32. The van der Waals surface area contributed by atoms with Gasteiger partial charge < -0.3 is 10.2 Å². The van der Waals surface area contributed by atoms with Gasteiger partial charge in [0, 0.05) is 32.1 Å². The van der Waals surface area contributed by atoms with E-state index in [1.807, 2.05) is 24.9 Å². The van der Waals surface area contributed by atoms with Crippen molar-refractivity contribution in [2.45, 2.75) is 25.8 Å². The molecule has 2 aromatic heterocycles. The second-order valence-electron chi connectivity index (χ2n) is 5.22. The maximum atomic E-state index is 12.6. The van der Waals surface area contributed by atoms with Crippen LogP contribution in [0.4, 0.5) is 5.82 Å². The first-order chi connectivity index (χ1) is 10.7. The van der Waals surface area contributed by atoms with Crippen molar-refractivity contribution in [3.8, 4) is 0 Å². The van der Waals surface area contributed by atoms with Crippen molar-refractivity contribution in [2.24, 2.45) is 0 Å². The van der Waals surface area contributed by atoms with Crippen molar-refractivity contribution in [2.75, 3.05) is 18.9 Å². The third-order valence-electron chi connectivity index (χ3n) is 3.75. The summed E-state index contributed by atoms with van der Waals surface area (Å²) in [5.74, 6) is 1.36. The summed E-state index contributed by atoms with van der Waals surface area (Å²) < 4.78 is 0. The van der Waals surface area contributed by atoms with E-state index >= 15 is 0 Å². The molecule has 3 heterocycles. The van der Waals surface area contributed by atoms with E-state index in [0.29, 0.717) is 18.1 Å². The molecule has 1 N–H and O–H groups in total. The second kappa shape index (κ2) is 6.05. The molecule has 7 heteroatoms. The van der Waals surface area contributed by atoms with Crippen LogP contribution in [0.3, 0.4) is 0 Å². The third-order valence-corrected chi connectivity index (χ3v) is 3.75. The largest absolute Gasteiger partial charge is 0.373 e. The highest BCUT2D eigenvalue weighted by Crippen LogP contribution is 2.32. The standard InChI is InChI=1S/C15H18N6O/c1-10-19-11(8-14(16-2)20-10)13-4-3-7-21(13)15(22)12-9-17-5-6-18-12/h5-6,8-9,13H,3-4,7H2,1-2H3,(H,16,19,20)/t13-/m0/s1. The minimum absolute atomic E-state index is 0.0386. The summed E-state index contributed by atoms with van der Waals surface area (Å²) in [4.78, 5) is 31.3. The molecule has 22 heavy (non-hydrogen) atoms. The molecule has 0 spiro atoms. The molecular weight excluding hydrogens is 280 g/mol. The van der Waals surface area contributed by atoms with E-state index in [2.05, 4.69) is 25.3 Å². The van der Waals surface area contributed by atoms with Crippen molar-refractivity contribution in [1.29, 1.82) is 0 Å². The van der Waals surface area contributed by atoms with E-state index in [9.17, 15) is 4.79 Å². The fourth-order valence-electron chi connectivity index (χ4n) is 2.76. The Hall–Kier alpha value is -2.57. The number of rotatable bonds is 3. The zero-order chi connectivity index (χ0) is 15.5. The Kier molecular flexibility index (Phi) is 3.95. The van der Waals surface area contributed by atoms with Crippen LogP contribution >= 0.6 is 0 Å². The van der Waals surface area contributed by atoms with E-state index in [4.69, 9.17) is 0 Å². The first-order valence-corrected chi connectivity index (χ1v) is 7.29. The van der Waals surface area contributed by atoms with E-state index < -0.39 is 0 Å². The van der Waals surface area contributed by atoms with Gasteiger partial charge in [-0.25, -0.2) is 15.0 Å². The van der Waals surface area contributed by atoms with Crippen LogP contribution in [-0.4, -0.2) is 44.3 Å². The van der Waals surface area contributed by atoms with Crippen LogP contribution in [0.2, 0.25) is 0 Å². The number of aromatic nitrogens is 4. The van der Waals surface area contributed by atoms with Crippen LogP contribution in [0.1, 0.15) is 40.9 Å². The van der Waals surface area contributed by atoms with Crippen molar-refractivity contribution in [3.05, 3.63) is 41.9 Å². The number of aryl methyl sites for hydroxylation is 1.